The number of hydrogen-bond acceptors (Lipinski definition) is 4. The molecule has 140 valence electrons. The van der Waals surface area contributed by atoms with Crippen molar-refractivity contribution in [2.24, 2.45) is 11.8 Å². The van der Waals surface area contributed by atoms with Gasteiger partial charge in [-0.1, -0.05) is 0 Å². The Hall–Kier alpha value is -1.56. The average Bonchev–Trinajstić information content (AvgIpc) is 2.25. The van der Waals surface area contributed by atoms with Crippen LogP contribution in [0, 0.1) is 11.8 Å². The number of aliphatic carboxylic acids is 2. The van der Waals surface area contributed by atoms with Crippen LogP contribution in [0.15, 0.2) is 0 Å². The zero-order valence-electron chi connectivity index (χ0n) is 11.9. The standard InChI is InChI=1S/2C6H7F3O3/c2*7-6(8,9)12-4-1-3(2-4)5(10)11/h2*3-4H,1-2H2,(H,10,11). The second-order valence-electron chi connectivity index (χ2n) is 5.38. The van der Waals surface area contributed by atoms with E-state index in [2.05, 4.69) is 9.47 Å². The first kappa shape index (κ1) is 20.5. The van der Waals surface area contributed by atoms with Crippen LogP contribution in [0.1, 0.15) is 25.7 Å². The van der Waals surface area contributed by atoms with Gasteiger partial charge in [0.15, 0.2) is 0 Å². The first-order valence-corrected chi connectivity index (χ1v) is 6.71. The predicted octanol–water partition coefficient (Wildman–Crippen LogP) is 2.77. The molecule has 2 fully saturated rings. The van der Waals surface area contributed by atoms with Crippen molar-refractivity contribution in [2.45, 2.75) is 50.6 Å². The molecule has 0 heterocycles. The van der Waals surface area contributed by atoms with Gasteiger partial charge in [-0.25, -0.2) is 0 Å². The van der Waals surface area contributed by atoms with Crippen molar-refractivity contribution in [1.82, 2.24) is 0 Å². The summed E-state index contributed by atoms with van der Waals surface area (Å²) >= 11 is 0. The summed E-state index contributed by atoms with van der Waals surface area (Å²) in [7, 11) is 0. The number of alkyl halides is 6. The molecule has 0 spiro atoms. The van der Waals surface area contributed by atoms with Crippen LogP contribution in [0.5, 0.6) is 0 Å². The van der Waals surface area contributed by atoms with Crippen molar-refractivity contribution in [1.29, 1.82) is 0 Å². The molecule has 0 radical (unpaired) electrons. The molecule has 12 heteroatoms. The molecule has 0 aromatic rings. The van der Waals surface area contributed by atoms with Crippen LogP contribution in [0.3, 0.4) is 0 Å². The Morgan fingerprint density at radius 2 is 0.958 bits per heavy atom. The fourth-order valence-corrected chi connectivity index (χ4v) is 2.10. The summed E-state index contributed by atoms with van der Waals surface area (Å²) in [5.41, 5.74) is 0. The summed E-state index contributed by atoms with van der Waals surface area (Å²) in [4.78, 5) is 20.3. The third-order valence-corrected chi connectivity index (χ3v) is 3.49. The molecule has 0 aromatic carbocycles. The Balaban J connectivity index is 0.000000240. The van der Waals surface area contributed by atoms with Crippen molar-refractivity contribution >= 4 is 11.9 Å². The van der Waals surface area contributed by atoms with E-state index in [4.69, 9.17) is 10.2 Å². The largest absolute Gasteiger partial charge is 0.522 e. The van der Waals surface area contributed by atoms with Crippen LogP contribution >= 0.6 is 0 Å². The van der Waals surface area contributed by atoms with E-state index in [-0.39, 0.29) is 25.7 Å². The molecule has 24 heavy (non-hydrogen) atoms. The maximum Gasteiger partial charge on any atom is 0.522 e. The second kappa shape index (κ2) is 7.55. The van der Waals surface area contributed by atoms with Crippen molar-refractivity contribution in [3.05, 3.63) is 0 Å². The van der Waals surface area contributed by atoms with E-state index >= 15 is 0 Å². The topological polar surface area (TPSA) is 93.1 Å². The summed E-state index contributed by atoms with van der Waals surface area (Å²) in [6.07, 6.45) is -11.4. The van der Waals surface area contributed by atoms with Gasteiger partial charge in [0.25, 0.3) is 0 Å². The van der Waals surface area contributed by atoms with Gasteiger partial charge in [0, 0.05) is 0 Å². The first-order valence-electron chi connectivity index (χ1n) is 6.71. The van der Waals surface area contributed by atoms with Crippen molar-refractivity contribution < 1.29 is 55.6 Å². The van der Waals surface area contributed by atoms with Gasteiger partial charge in [0.05, 0.1) is 24.0 Å². The van der Waals surface area contributed by atoms with Crippen LogP contribution < -0.4 is 0 Å². The molecule has 0 aliphatic heterocycles. The Morgan fingerprint density at radius 3 is 1.12 bits per heavy atom. The van der Waals surface area contributed by atoms with E-state index < -0.39 is 48.7 Å². The molecule has 0 saturated heterocycles. The SMILES string of the molecule is O=C(O)C1CC(OC(F)(F)F)C1.O=C(O)C1CC(OC(F)(F)F)C1. The highest BCUT2D eigenvalue weighted by Crippen LogP contribution is 2.35. The average molecular weight is 368 g/mol. The van der Waals surface area contributed by atoms with Gasteiger partial charge >= 0.3 is 24.7 Å². The van der Waals surface area contributed by atoms with Gasteiger partial charge in [-0.05, 0) is 25.7 Å². The first-order chi connectivity index (χ1) is 10.8. The zero-order valence-corrected chi connectivity index (χ0v) is 11.9. The Morgan fingerprint density at radius 1 is 0.708 bits per heavy atom. The molecule has 0 atom stereocenters. The summed E-state index contributed by atoms with van der Waals surface area (Å²) < 4.78 is 76.1. The molecule has 6 nitrogen and oxygen atoms in total. The van der Waals surface area contributed by atoms with Crippen molar-refractivity contribution in [3.8, 4) is 0 Å². The Bertz CT molecular complexity index is 408. The highest BCUT2D eigenvalue weighted by atomic mass is 19.4. The second-order valence-corrected chi connectivity index (χ2v) is 5.38. The van der Waals surface area contributed by atoms with Crippen LogP contribution in [0.2, 0.25) is 0 Å². The fourth-order valence-electron chi connectivity index (χ4n) is 2.10. The van der Waals surface area contributed by atoms with Gasteiger partial charge in [-0.2, -0.15) is 0 Å². The molecule has 2 saturated carbocycles. The minimum Gasteiger partial charge on any atom is -0.481 e. The molecule has 2 rings (SSSR count). The summed E-state index contributed by atoms with van der Waals surface area (Å²) in [6, 6.07) is 0. The lowest BCUT2D eigenvalue weighted by atomic mass is 9.82. The Kier molecular flexibility index (Phi) is 6.45. The van der Waals surface area contributed by atoms with Crippen LogP contribution in [0.25, 0.3) is 0 Å². The molecular formula is C12H14F6O6. The van der Waals surface area contributed by atoms with Crippen molar-refractivity contribution in [3.63, 3.8) is 0 Å². The van der Waals surface area contributed by atoms with E-state index in [1.165, 1.54) is 0 Å². The number of carboxylic acid groups (broad SMARTS) is 2. The normalized spacial score (nSPS) is 29.6. The monoisotopic (exact) mass is 368 g/mol. The molecule has 0 amide bonds. The lowest BCUT2D eigenvalue weighted by molar-refractivity contribution is -0.354. The molecule has 2 aliphatic carbocycles. The zero-order chi connectivity index (χ0) is 18.7. The van der Waals surface area contributed by atoms with Gasteiger partial charge in [0.1, 0.15) is 0 Å². The molecule has 0 bridgehead atoms. The van der Waals surface area contributed by atoms with Gasteiger partial charge < -0.3 is 10.2 Å². The lowest BCUT2D eigenvalue weighted by Crippen LogP contribution is -2.39. The Labute approximate surface area is 131 Å². The molecular weight excluding hydrogens is 354 g/mol. The van der Waals surface area contributed by atoms with Crippen molar-refractivity contribution in [2.75, 3.05) is 0 Å². The van der Waals surface area contributed by atoms with Gasteiger partial charge in [-0.3, -0.25) is 19.1 Å². The minimum atomic E-state index is -4.64. The lowest BCUT2D eigenvalue weighted by Gasteiger charge is -2.32. The minimum absolute atomic E-state index is 0.0468. The van der Waals surface area contributed by atoms with Gasteiger partial charge in [0.2, 0.25) is 0 Å². The quantitative estimate of drug-likeness (QED) is 0.742. The maximum absolute atomic E-state index is 11.5. The highest BCUT2D eigenvalue weighted by molar-refractivity contribution is 5.71. The van der Waals surface area contributed by atoms with Crippen LogP contribution in [-0.2, 0) is 19.1 Å². The van der Waals surface area contributed by atoms with E-state index in [9.17, 15) is 35.9 Å². The fraction of sp³-hybridized carbons (Fsp3) is 0.833. The van der Waals surface area contributed by atoms with Gasteiger partial charge in [-0.15, -0.1) is 26.3 Å². The summed E-state index contributed by atoms with van der Waals surface area (Å²) in [6.45, 7) is 0. The molecule has 0 aromatic heterocycles. The third-order valence-electron chi connectivity index (χ3n) is 3.49. The predicted molar refractivity (Wildman–Crippen MR) is 62.6 cm³/mol. The van der Waals surface area contributed by atoms with Crippen LogP contribution in [-0.4, -0.2) is 47.1 Å². The maximum atomic E-state index is 11.5. The molecule has 2 N–H and O–H groups in total. The number of carbonyl (C=O) groups is 2. The number of ether oxygens (including phenoxy) is 2. The van der Waals surface area contributed by atoms with E-state index in [1.54, 1.807) is 0 Å². The number of carboxylic acids is 2. The van der Waals surface area contributed by atoms with E-state index in [1.807, 2.05) is 0 Å². The van der Waals surface area contributed by atoms with E-state index in [0.717, 1.165) is 0 Å². The number of rotatable bonds is 4. The summed E-state index contributed by atoms with van der Waals surface area (Å²) in [5.74, 6) is -3.45. The third kappa shape index (κ3) is 7.34. The molecule has 0 unspecified atom stereocenters. The van der Waals surface area contributed by atoms with E-state index in [0.29, 0.717) is 0 Å². The van der Waals surface area contributed by atoms with Crippen LogP contribution in [0.4, 0.5) is 26.3 Å². The smallest absolute Gasteiger partial charge is 0.481 e. The highest BCUT2D eigenvalue weighted by Gasteiger charge is 2.43. The number of halogens is 6. The summed E-state index contributed by atoms with van der Waals surface area (Å²) in [5, 5.41) is 16.6. The number of hydrogen-bond donors (Lipinski definition) is 2. The molecule has 2 aliphatic rings.